The summed E-state index contributed by atoms with van der Waals surface area (Å²) < 4.78 is 13.8. The first-order valence-corrected chi connectivity index (χ1v) is 11.8. The molecule has 2 aromatic heterocycles. The van der Waals surface area contributed by atoms with Crippen LogP contribution in [0, 0.1) is 26.6 Å². The minimum Gasteiger partial charge on any atom is -0.370 e. The van der Waals surface area contributed by atoms with Gasteiger partial charge in [-0.05, 0) is 75.6 Å². The van der Waals surface area contributed by atoms with E-state index in [1.54, 1.807) is 12.1 Å². The quantitative estimate of drug-likeness (QED) is 0.491. The van der Waals surface area contributed by atoms with E-state index in [9.17, 15) is 14.0 Å². The van der Waals surface area contributed by atoms with Gasteiger partial charge in [0.05, 0.1) is 23.0 Å². The monoisotopic (exact) mass is 473 g/mol. The van der Waals surface area contributed by atoms with Gasteiger partial charge in [-0.2, -0.15) is 0 Å². The molecule has 7 nitrogen and oxygen atoms in total. The fourth-order valence-electron chi connectivity index (χ4n) is 4.89. The first kappa shape index (κ1) is 22.8. The lowest BCUT2D eigenvalue weighted by Crippen LogP contribution is -2.45. The zero-order valence-electron chi connectivity index (χ0n) is 20.0. The molecule has 180 valence electrons. The number of rotatable bonds is 4. The van der Waals surface area contributed by atoms with Crippen molar-refractivity contribution in [2.75, 3.05) is 23.3 Å². The van der Waals surface area contributed by atoms with Crippen LogP contribution in [-0.4, -0.2) is 40.9 Å². The molecule has 0 spiro atoms. The van der Waals surface area contributed by atoms with Gasteiger partial charge in [0.15, 0.2) is 0 Å². The molecule has 0 atom stereocenters. The SMILES string of the molecule is Cc1ccc(N2CCC(NC(=O)c3c(C)[nH]c(/C=C4\C(=O)Nc5ccc(F)cc54)c3C)CC2)cn1. The van der Waals surface area contributed by atoms with E-state index < -0.39 is 5.82 Å². The van der Waals surface area contributed by atoms with Crippen LogP contribution in [0.25, 0.3) is 11.6 Å². The Morgan fingerprint density at radius 1 is 1.17 bits per heavy atom. The number of amides is 2. The number of aryl methyl sites for hydroxylation is 2. The summed E-state index contributed by atoms with van der Waals surface area (Å²) in [5.41, 5.74) is 6.30. The zero-order valence-corrected chi connectivity index (χ0v) is 20.0. The van der Waals surface area contributed by atoms with Gasteiger partial charge < -0.3 is 20.5 Å². The molecule has 2 aliphatic rings. The number of carbonyl (C=O) groups is 2. The molecule has 2 aliphatic heterocycles. The van der Waals surface area contributed by atoms with E-state index in [0.29, 0.717) is 28.1 Å². The minimum absolute atomic E-state index is 0.0862. The van der Waals surface area contributed by atoms with Crippen molar-refractivity contribution in [1.29, 1.82) is 0 Å². The number of piperidine rings is 1. The third-order valence-electron chi connectivity index (χ3n) is 6.85. The molecule has 1 fully saturated rings. The average molecular weight is 474 g/mol. The number of anilines is 2. The second-order valence-electron chi connectivity index (χ2n) is 9.26. The van der Waals surface area contributed by atoms with Gasteiger partial charge in [0, 0.05) is 47.5 Å². The molecule has 0 unspecified atom stereocenters. The molecule has 0 radical (unpaired) electrons. The van der Waals surface area contributed by atoms with Crippen molar-refractivity contribution in [3.8, 4) is 0 Å². The largest absolute Gasteiger partial charge is 0.370 e. The van der Waals surface area contributed by atoms with E-state index in [0.717, 1.165) is 48.6 Å². The second kappa shape index (κ2) is 9.02. The van der Waals surface area contributed by atoms with E-state index >= 15 is 0 Å². The van der Waals surface area contributed by atoms with Crippen molar-refractivity contribution >= 4 is 34.8 Å². The van der Waals surface area contributed by atoms with Crippen molar-refractivity contribution in [2.24, 2.45) is 0 Å². The summed E-state index contributed by atoms with van der Waals surface area (Å²) in [6.45, 7) is 7.38. The van der Waals surface area contributed by atoms with Gasteiger partial charge in [0.25, 0.3) is 11.8 Å². The Morgan fingerprint density at radius 3 is 2.66 bits per heavy atom. The summed E-state index contributed by atoms with van der Waals surface area (Å²) in [7, 11) is 0. The van der Waals surface area contributed by atoms with Crippen LogP contribution in [0.2, 0.25) is 0 Å². The summed E-state index contributed by atoms with van der Waals surface area (Å²) in [6, 6.07) is 8.39. The lowest BCUT2D eigenvalue weighted by Gasteiger charge is -2.33. The Hall–Kier alpha value is -3.94. The van der Waals surface area contributed by atoms with Crippen LogP contribution in [0.15, 0.2) is 36.5 Å². The van der Waals surface area contributed by atoms with Gasteiger partial charge in [0.1, 0.15) is 5.82 Å². The Morgan fingerprint density at radius 2 is 1.94 bits per heavy atom. The third kappa shape index (κ3) is 4.43. The molecule has 0 aliphatic carbocycles. The van der Waals surface area contributed by atoms with E-state index in [1.165, 1.54) is 12.1 Å². The highest BCUT2D eigenvalue weighted by Gasteiger charge is 2.27. The molecule has 1 saturated heterocycles. The maximum absolute atomic E-state index is 13.8. The van der Waals surface area contributed by atoms with Crippen LogP contribution in [0.5, 0.6) is 0 Å². The zero-order chi connectivity index (χ0) is 24.7. The first-order chi connectivity index (χ1) is 16.8. The van der Waals surface area contributed by atoms with Crippen molar-refractivity contribution in [3.63, 3.8) is 0 Å². The van der Waals surface area contributed by atoms with E-state index in [4.69, 9.17) is 0 Å². The van der Waals surface area contributed by atoms with Crippen molar-refractivity contribution in [2.45, 2.75) is 39.7 Å². The fourth-order valence-corrected chi connectivity index (χ4v) is 4.89. The number of aromatic nitrogens is 2. The normalized spacial score (nSPS) is 17.0. The Bertz CT molecular complexity index is 1330. The molecule has 0 bridgehead atoms. The summed E-state index contributed by atoms with van der Waals surface area (Å²) in [5, 5.41) is 5.94. The molecule has 5 rings (SSSR count). The number of carbonyl (C=O) groups excluding carboxylic acids is 2. The van der Waals surface area contributed by atoms with Gasteiger partial charge in [-0.15, -0.1) is 0 Å². The van der Waals surface area contributed by atoms with Crippen molar-refractivity contribution in [1.82, 2.24) is 15.3 Å². The van der Waals surface area contributed by atoms with Gasteiger partial charge in [0.2, 0.25) is 0 Å². The highest BCUT2D eigenvalue weighted by Crippen LogP contribution is 2.34. The number of nitrogens with one attached hydrogen (secondary N) is 3. The number of H-pyrrole nitrogens is 1. The summed E-state index contributed by atoms with van der Waals surface area (Å²) in [4.78, 5) is 35.6. The van der Waals surface area contributed by atoms with Crippen molar-refractivity contribution in [3.05, 3.63) is 76.1 Å². The van der Waals surface area contributed by atoms with Gasteiger partial charge in [-0.1, -0.05) is 0 Å². The lowest BCUT2D eigenvalue weighted by atomic mass is 10.0. The third-order valence-corrected chi connectivity index (χ3v) is 6.85. The molecule has 3 aromatic rings. The van der Waals surface area contributed by atoms with Gasteiger partial charge >= 0.3 is 0 Å². The first-order valence-electron chi connectivity index (χ1n) is 11.8. The Kier molecular flexibility index (Phi) is 5.88. The van der Waals surface area contributed by atoms with Crippen LogP contribution in [0.1, 0.15) is 51.4 Å². The number of nitrogens with zero attached hydrogens (tertiary/aromatic N) is 2. The van der Waals surface area contributed by atoms with Crippen LogP contribution in [0.4, 0.5) is 15.8 Å². The topological polar surface area (TPSA) is 90.1 Å². The predicted octanol–water partition coefficient (Wildman–Crippen LogP) is 4.37. The molecular formula is C27H28FN5O2. The lowest BCUT2D eigenvalue weighted by molar-refractivity contribution is -0.110. The molecule has 8 heteroatoms. The molecular weight excluding hydrogens is 445 g/mol. The fraction of sp³-hybridized carbons (Fsp3) is 0.296. The van der Waals surface area contributed by atoms with Crippen LogP contribution >= 0.6 is 0 Å². The Labute approximate surface area is 203 Å². The Balaban J connectivity index is 1.30. The number of fused-ring (bicyclic) bond motifs is 1. The van der Waals surface area contributed by atoms with Crippen molar-refractivity contribution < 1.29 is 14.0 Å². The van der Waals surface area contributed by atoms with E-state index in [2.05, 4.69) is 31.6 Å². The number of pyridine rings is 1. The minimum atomic E-state index is -0.407. The number of benzene rings is 1. The maximum atomic E-state index is 13.8. The van der Waals surface area contributed by atoms with E-state index in [-0.39, 0.29) is 17.9 Å². The number of hydrogen-bond acceptors (Lipinski definition) is 4. The van der Waals surface area contributed by atoms with Gasteiger partial charge in [-0.3, -0.25) is 14.6 Å². The molecule has 2 amide bonds. The van der Waals surface area contributed by atoms with Crippen LogP contribution in [-0.2, 0) is 4.79 Å². The molecule has 1 aromatic carbocycles. The number of hydrogen-bond donors (Lipinski definition) is 3. The van der Waals surface area contributed by atoms with Crippen LogP contribution in [0.3, 0.4) is 0 Å². The number of halogens is 1. The molecule has 3 N–H and O–H groups in total. The standard InChI is InChI=1S/C27H28FN5O2/c1-15-4-6-20(14-29-15)33-10-8-19(9-11-33)31-27(35)25-16(2)24(30-17(25)3)13-22-21-12-18(28)5-7-23(21)32-26(22)34/h4-7,12-14,19,30H,8-11H2,1-3H3,(H,31,35)(H,32,34)/b22-13-. The molecule has 35 heavy (non-hydrogen) atoms. The molecule has 4 heterocycles. The average Bonchev–Trinajstić information content (AvgIpc) is 3.29. The second-order valence-corrected chi connectivity index (χ2v) is 9.26. The van der Waals surface area contributed by atoms with Gasteiger partial charge in [-0.25, -0.2) is 4.39 Å². The molecule has 0 saturated carbocycles. The van der Waals surface area contributed by atoms with E-state index in [1.807, 2.05) is 33.0 Å². The summed E-state index contributed by atoms with van der Waals surface area (Å²) in [5.74, 6) is -0.826. The summed E-state index contributed by atoms with van der Waals surface area (Å²) >= 11 is 0. The highest BCUT2D eigenvalue weighted by molar-refractivity contribution is 6.34. The number of aromatic amines is 1. The predicted molar refractivity (Wildman–Crippen MR) is 135 cm³/mol. The highest BCUT2D eigenvalue weighted by atomic mass is 19.1. The smallest absolute Gasteiger partial charge is 0.256 e. The summed E-state index contributed by atoms with van der Waals surface area (Å²) in [6.07, 6.45) is 5.28. The maximum Gasteiger partial charge on any atom is 0.256 e. The van der Waals surface area contributed by atoms with Crippen LogP contribution < -0.4 is 15.5 Å².